The van der Waals surface area contributed by atoms with Gasteiger partial charge in [-0.1, -0.05) is 0 Å². The molecule has 2 atom stereocenters. The van der Waals surface area contributed by atoms with Gasteiger partial charge in [0.15, 0.2) is 0 Å². The minimum absolute atomic E-state index is 0.134. The van der Waals surface area contributed by atoms with Gasteiger partial charge in [0.1, 0.15) is 0 Å². The first-order chi connectivity index (χ1) is 10.5. The van der Waals surface area contributed by atoms with Crippen molar-refractivity contribution in [1.82, 2.24) is 9.80 Å². The molecule has 1 saturated heterocycles. The van der Waals surface area contributed by atoms with Gasteiger partial charge in [0, 0.05) is 0 Å². The third kappa shape index (κ3) is 4.39. The van der Waals surface area contributed by atoms with E-state index in [1.165, 1.54) is 10.7 Å². The molecule has 1 aliphatic heterocycles. The second-order valence-corrected chi connectivity index (χ2v) is 8.21. The Morgan fingerprint density at radius 2 is 2.27 bits per heavy atom. The van der Waals surface area contributed by atoms with Crippen molar-refractivity contribution in [2.75, 3.05) is 27.2 Å². The van der Waals surface area contributed by atoms with Crippen LogP contribution >= 0.6 is 0 Å². The van der Waals surface area contributed by atoms with E-state index >= 15 is 0 Å². The standard InChI is InChI=1S/C17H27N2O2Se/c1-5-21-17(20)19-11-7-8-14(19)12-22-16-10-6-9-15(16)13(2)18(3)4/h6,9-10,13-14H,5,7-8,11-12H2,1-4H3/t13-,14-/m1/s1. The van der Waals surface area contributed by atoms with E-state index in [-0.39, 0.29) is 6.09 Å². The molecular formula is C17H27N2O2Se. The van der Waals surface area contributed by atoms with E-state index < -0.39 is 0 Å². The van der Waals surface area contributed by atoms with E-state index in [1.54, 1.807) is 0 Å². The number of amides is 1. The van der Waals surface area contributed by atoms with Gasteiger partial charge in [-0.25, -0.2) is 0 Å². The van der Waals surface area contributed by atoms with Crippen LogP contribution in [0, 0.1) is 30.0 Å². The zero-order chi connectivity index (χ0) is 16.1. The second-order valence-electron chi connectivity index (χ2n) is 5.98. The molecular weight excluding hydrogens is 343 g/mol. The summed E-state index contributed by atoms with van der Waals surface area (Å²) >= 11 is 0.406. The number of carbonyl (C=O) groups excluding carboxylic acids is 1. The summed E-state index contributed by atoms with van der Waals surface area (Å²) < 4.78 is 5.17. The van der Waals surface area contributed by atoms with Crippen LogP contribution in [0.25, 0.3) is 0 Å². The fourth-order valence-corrected chi connectivity index (χ4v) is 5.54. The molecule has 0 aromatic carbocycles. The SMILES string of the molecule is CCOC(=O)N1CCC[C@@H]1C[Se][C]1[CH][CH][CH][C]1[C@@H](C)N(C)C. The monoisotopic (exact) mass is 371 g/mol. The van der Waals surface area contributed by atoms with Gasteiger partial charge in [0.2, 0.25) is 0 Å². The molecule has 0 spiro atoms. The van der Waals surface area contributed by atoms with Crippen molar-refractivity contribution < 1.29 is 9.53 Å². The van der Waals surface area contributed by atoms with Crippen molar-refractivity contribution in [3.63, 3.8) is 0 Å². The molecule has 0 N–H and O–H groups in total. The van der Waals surface area contributed by atoms with Crippen molar-refractivity contribution in [3.05, 3.63) is 30.0 Å². The molecule has 0 aromatic heterocycles. The first-order valence-electron chi connectivity index (χ1n) is 8.02. The van der Waals surface area contributed by atoms with E-state index in [2.05, 4.69) is 45.2 Å². The molecule has 5 radical (unpaired) electrons. The molecule has 0 unspecified atom stereocenters. The summed E-state index contributed by atoms with van der Waals surface area (Å²) in [6.07, 6.45) is 8.72. The Morgan fingerprint density at radius 1 is 1.50 bits per heavy atom. The fourth-order valence-electron chi connectivity index (χ4n) is 2.81. The van der Waals surface area contributed by atoms with Crippen molar-refractivity contribution in [3.8, 4) is 0 Å². The fraction of sp³-hybridized carbons (Fsp3) is 0.647. The molecule has 2 aliphatic rings. The Labute approximate surface area is 142 Å². The molecule has 2 fully saturated rings. The third-order valence-corrected chi connectivity index (χ3v) is 6.93. The van der Waals surface area contributed by atoms with Crippen molar-refractivity contribution >= 4 is 21.1 Å². The Bertz CT molecular complexity index is 365. The molecule has 0 bridgehead atoms. The molecule has 123 valence electrons. The molecule has 1 amide bonds. The number of likely N-dealkylation sites (tertiary alicyclic amines) is 1. The van der Waals surface area contributed by atoms with Crippen LogP contribution in [0.1, 0.15) is 26.7 Å². The van der Waals surface area contributed by atoms with Crippen LogP contribution in [0.4, 0.5) is 4.79 Å². The predicted molar refractivity (Wildman–Crippen MR) is 89.8 cm³/mol. The minimum atomic E-state index is -0.134. The number of ether oxygens (including phenoxy) is 1. The van der Waals surface area contributed by atoms with E-state index in [9.17, 15) is 4.79 Å². The normalized spacial score (nSPS) is 25.1. The van der Waals surface area contributed by atoms with E-state index in [0.717, 1.165) is 24.7 Å². The average Bonchev–Trinajstić information content (AvgIpc) is 3.13. The summed E-state index contributed by atoms with van der Waals surface area (Å²) in [6, 6.07) is 0.799. The van der Waals surface area contributed by atoms with Crippen LogP contribution in [0.5, 0.6) is 0 Å². The molecule has 22 heavy (non-hydrogen) atoms. The number of hydrogen-bond donors (Lipinski definition) is 0. The first kappa shape index (κ1) is 18.1. The van der Waals surface area contributed by atoms with Gasteiger partial charge in [-0.05, 0) is 0 Å². The summed E-state index contributed by atoms with van der Waals surface area (Å²) in [7, 11) is 4.24. The first-order valence-corrected chi connectivity index (χ1v) is 10.1. The topological polar surface area (TPSA) is 32.8 Å². The number of hydrogen-bond acceptors (Lipinski definition) is 3. The van der Waals surface area contributed by atoms with Gasteiger partial charge in [-0.2, -0.15) is 0 Å². The van der Waals surface area contributed by atoms with E-state index in [1.807, 2.05) is 11.8 Å². The summed E-state index contributed by atoms with van der Waals surface area (Å²) in [6.45, 7) is 5.42. The number of rotatable bonds is 6. The zero-order valence-electron chi connectivity index (χ0n) is 14.0. The van der Waals surface area contributed by atoms with Crippen LogP contribution in [0.3, 0.4) is 0 Å². The third-order valence-electron chi connectivity index (χ3n) is 4.34. The van der Waals surface area contributed by atoms with Crippen LogP contribution in [0.2, 0.25) is 5.32 Å². The van der Waals surface area contributed by atoms with Gasteiger partial charge in [-0.15, -0.1) is 0 Å². The molecule has 4 nitrogen and oxygen atoms in total. The number of carbonyl (C=O) groups is 1. The Morgan fingerprint density at radius 3 is 2.95 bits per heavy atom. The number of nitrogens with zero attached hydrogens (tertiary/aromatic N) is 2. The summed E-state index contributed by atoms with van der Waals surface area (Å²) in [5, 5.41) is 1.09. The molecule has 0 aromatic rings. The van der Waals surface area contributed by atoms with E-state index in [4.69, 9.17) is 4.74 Å². The predicted octanol–water partition coefficient (Wildman–Crippen LogP) is 2.41. The maximum atomic E-state index is 12.0. The molecule has 1 saturated carbocycles. The van der Waals surface area contributed by atoms with Crippen LogP contribution in [-0.2, 0) is 4.74 Å². The van der Waals surface area contributed by atoms with Crippen molar-refractivity contribution in [2.24, 2.45) is 0 Å². The average molecular weight is 370 g/mol. The van der Waals surface area contributed by atoms with Crippen LogP contribution < -0.4 is 0 Å². The molecule has 5 heteroatoms. The van der Waals surface area contributed by atoms with Gasteiger partial charge < -0.3 is 0 Å². The molecule has 1 aliphatic carbocycles. The van der Waals surface area contributed by atoms with Crippen molar-refractivity contribution in [2.45, 2.75) is 44.1 Å². The zero-order valence-corrected chi connectivity index (χ0v) is 15.8. The van der Waals surface area contributed by atoms with E-state index in [0.29, 0.717) is 33.6 Å². The van der Waals surface area contributed by atoms with Gasteiger partial charge in [-0.3, -0.25) is 0 Å². The Hall–Kier alpha value is -0.251. The van der Waals surface area contributed by atoms with Crippen LogP contribution in [0.15, 0.2) is 0 Å². The second kappa shape index (κ2) is 8.56. The summed E-state index contributed by atoms with van der Waals surface area (Å²) in [5.74, 6) is 1.44. The Kier molecular flexibility index (Phi) is 7.04. The summed E-state index contributed by atoms with van der Waals surface area (Å²) in [5.41, 5.74) is 0. The summed E-state index contributed by atoms with van der Waals surface area (Å²) in [4.78, 5) is 17.6. The maximum absolute atomic E-state index is 12.0. The molecule has 1 heterocycles. The molecule has 2 rings (SSSR count). The van der Waals surface area contributed by atoms with Crippen molar-refractivity contribution in [1.29, 1.82) is 0 Å². The van der Waals surface area contributed by atoms with Crippen LogP contribution in [-0.4, -0.2) is 70.2 Å². The Balaban J connectivity index is 1.85. The quantitative estimate of drug-likeness (QED) is 0.674. The van der Waals surface area contributed by atoms with Gasteiger partial charge >= 0.3 is 142 Å². The van der Waals surface area contributed by atoms with Gasteiger partial charge in [0.25, 0.3) is 0 Å². The van der Waals surface area contributed by atoms with Gasteiger partial charge in [0.05, 0.1) is 0 Å².